The standard InChI is InChI=1S/C22H22N2O4/c1-14-6-9-19(16(3)11-14)28-13-21(25)24-18-12-17(8-7-15(18)2)23-22(26)20-5-4-10-27-20/h4-12H,13H2,1-3H3,(H,23,26)(H,24,25). The van der Waals surface area contributed by atoms with E-state index in [0.717, 1.165) is 16.7 Å². The average Bonchev–Trinajstić information content (AvgIpc) is 3.18. The number of furan rings is 1. The van der Waals surface area contributed by atoms with Crippen molar-refractivity contribution < 1.29 is 18.7 Å². The molecule has 0 spiro atoms. The van der Waals surface area contributed by atoms with Crippen molar-refractivity contribution in [2.24, 2.45) is 0 Å². The first-order valence-electron chi connectivity index (χ1n) is 8.88. The Morgan fingerprint density at radius 3 is 2.50 bits per heavy atom. The molecule has 1 heterocycles. The minimum Gasteiger partial charge on any atom is -0.483 e. The fraction of sp³-hybridized carbons (Fsp3) is 0.182. The molecule has 1 aromatic heterocycles. The quantitative estimate of drug-likeness (QED) is 0.663. The molecule has 6 heteroatoms. The van der Waals surface area contributed by atoms with Gasteiger partial charge in [0.2, 0.25) is 0 Å². The first-order chi connectivity index (χ1) is 13.4. The highest BCUT2D eigenvalue weighted by Crippen LogP contribution is 2.22. The highest BCUT2D eigenvalue weighted by molar-refractivity contribution is 6.03. The molecule has 144 valence electrons. The molecule has 2 N–H and O–H groups in total. The van der Waals surface area contributed by atoms with Crippen LogP contribution in [0.25, 0.3) is 0 Å². The van der Waals surface area contributed by atoms with Crippen molar-refractivity contribution in [3.63, 3.8) is 0 Å². The summed E-state index contributed by atoms with van der Waals surface area (Å²) in [5.74, 6) is 0.256. The monoisotopic (exact) mass is 378 g/mol. The fourth-order valence-corrected chi connectivity index (χ4v) is 2.73. The lowest BCUT2D eigenvalue weighted by Crippen LogP contribution is -2.21. The first kappa shape index (κ1) is 19.2. The van der Waals surface area contributed by atoms with Crippen molar-refractivity contribution in [3.05, 3.63) is 77.2 Å². The number of rotatable bonds is 6. The highest BCUT2D eigenvalue weighted by Gasteiger charge is 2.11. The Labute approximate surface area is 163 Å². The number of hydrogen-bond donors (Lipinski definition) is 2. The summed E-state index contributed by atoms with van der Waals surface area (Å²) >= 11 is 0. The van der Waals surface area contributed by atoms with Crippen LogP contribution in [0.2, 0.25) is 0 Å². The zero-order chi connectivity index (χ0) is 20.1. The van der Waals surface area contributed by atoms with Crippen LogP contribution < -0.4 is 15.4 Å². The number of anilines is 2. The summed E-state index contributed by atoms with van der Waals surface area (Å²) in [5.41, 5.74) is 4.14. The van der Waals surface area contributed by atoms with Crippen LogP contribution in [0.1, 0.15) is 27.2 Å². The first-order valence-corrected chi connectivity index (χ1v) is 8.88. The maximum absolute atomic E-state index is 12.3. The zero-order valence-corrected chi connectivity index (χ0v) is 16.0. The second-order valence-electron chi connectivity index (χ2n) is 6.57. The largest absolute Gasteiger partial charge is 0.483 e. The molecule has 0 unspecified atom stereocenters. The Kier molecular flexibility index (Phi) is 5.79. The second-order valence-corrected chi connectivity index (χ2v) is 6.57. The molecule has 0 aliphatic carbocycles. The predicted octanol–water partition coefficient (Wildman–Crippen LogP) is 4.47. The van der Waals surface area contributed by atoms with Gasteiger partial charge in [0.1, 0.15) is 5.75 Å². The number of carbonyl (C=O) groups excluding carboxylic acids is 2. The number of nitrogens with one attached hydrogen (secondary N) is 2. The van der Waals surface area contributed by atoms with Crippen LogP contribution in [0.5, 0.6) is 5.75 Å². The Bertz CT molecular complexity index is 994. The van der Waals surface area contributed by atoms with Crippen LogP contribution in [-0.2, 0) is 4.79 Å². The molecule has 2 amide bonds. The van der Waals surface area contributed by atoms with Crippen molar-refractivity contribution in [2.45, 2.75) is 20.8 Å². The van der Waals surface area contributed by atoms with Gasteiger partial charge in [0, 0.05) is 11.4 Å². The van der Waals surface area contributed by atoms with Gasteiger partial charge in [-0.1, -0.05) is 23.8 Å². The van der Waals surface area contributed by atoms with Crippen molar-refractivity contribution in [2.75, 3.05) is 17.2 Å². The summed E-state index contributed by atoms with van der Waals surface area (Å²) in [6, 6.07) is 14.3. The molecule has 6 nitrogen and oxygen atoms in total. The molecule has 0 bridgehead atoms. The normalized spacial score (nSPS) is 10.4. The summed E-state index contributed by atoms with van der Waals surface area (Å²) in [6.07, 6.45) is 1.44. The Morgan fingerprint density at radius 1 is 0.964 bits per heavy atom. The van der Waals surface area contributed by atoms with Gasteiger partial charge in [-0.25, -0.2) is 0 Å². The lowest BCUT2D eigenvalue weighted by molar-refractivity contribution is -0.118. The van der Waals surface area contributed by atoms with Gasteiger partial charge >= 0.3 is 0 Å². The number of ether oxygens (including phenoxy) is 1. The Morgan fingerprint density at radius 2 is 1.79 bits per heavy atom. The van der Waals surface area contributed by atoms with Crippen molar-refractivity contribution in [3.8, 4) is 5.75 Å². The molecular weight excluding hydrogens is 356 g/mol. The molecular formula is C22H22N2O4. The number of benzene rings is 2. The van der Waals surface area contributed by atoms with E-state index in [9.17, 15) is 9.59 Å². The van der Waals surface area contributed by atoms with Gasteiger partial charge in [0.25, 0.3) is 11.8 Å². The van der Waals surface area contributed by atoms with Gasteiger partial charge < -0.3 is 19.8 Å². The number of carbonyl (C=O) groups is 2. The summed E-state index contributed by atoms with van der Waals surface area (Å²) in [7, 11) is 0. The Balaban J connectivity index is 1.62. The van der Waals surface area contributed by atoms with Crippen molar-refractivity contribution in [1.82, 2.24) is 0 Å². The van der Waals surface area contributed by atoms with E-state index in [0.29, 0.717) is 17.1 Å². The van der Waals surface area contributed by atoms with Crippen LogP contribution in [0.15, 0.2) is 59.2 Å². The molecule has 0 saturated heterocycles. The van der Waals surface area contributed by atoms with Gasteiger partial charge in [0.05, 0.1) is 6.26 Å². The van der Waals surface area contributed by atoms with Gasteiger partial charge in [0.15, 0.2) is 12.4 Å². The SMILES string of the molecule is Cc1ccc(OCC(=O)Nc2cc(NC(=O)c3ccco3)ccc2C)c(C)c1. The van der Waals surface area contributed by atoms with E-state index in [1.54, 1.807) is 24.3 Å². The zero-order valence-electron chi connectivity index (χ0n) is 16.0. The van der Waals surface area contributed by atoms with Crippen LogP contribution in [0, 0.1) is 20.8 Å². The topological polar surface area (TPSA) is 80.6 Å². The van der Waals surface area contributed by atoms with Crippen molar-refractivity contribution >= 4 is 23.2 Å². The molecule has 28 heavy (non-hydrogen) atoms. The van der Waals surface area contributed by atoms with Crippen LogP contribution in [-0.4, -0.2) is 18.4 Å². The van der Waals surface area contributed by atoms with Crippen LogP contribution in [0.4, 0.5) is 11.4 Å². The number of hydrogen-bond acceptors (Lipinski definition) is 4. The van der Waals surface area contributed by atoms with Crippen LogP contribution in [0.3, 0.4) is 0 Å². The maximum atomic E-state index is 12.3. The summed E-state index contributed by atoms with van der Waals surface area (Å²) in [5, 5.41) is 5.56. The lowest BCUT2D eigenvalue weighted by atomic mass is 10.1. The molecule has 0 fully saturated rings. The van der Waals surface area contributed by atoms with E-state index in [4.69, 9.17) is 9.15 Å². The smallest absolute Gasteiger partial charge is 0.291 e. The van der Waals surface area contributed by atoms with Gasteiger partial charge in [-0.3, -0.25) is 9.59 Å². The molecule has 0 radical (unpaired) electrons. The molecule has 0 aliphatic heterocycles. The minimum absolute atomic E-state index is 0.105. The van der Waals surface area contributed by atoms with Gasteiger partial charge in [-0.15, -0.1) is 0 Å². The van der Waals surface area contributed by atoms with E-state index in [1.807, 2.05) is 45.0 Å². The number of amides is 2. The van der Waals surface area contributed by atoms with Gasteiger partial charge in [-0.05, 0) is 62.2 Å². The van der Waals surface area contributed by atoms with Crippen LogP contribution >= 0.6 is 0 Å². The molecule has 0 saturated carbocycles. The van der Waals surface area contributed by atoms with E-state index >= 15 is 0 Å². The van der Waals surface area contributed by atoms with E-state index < -0.39 is 0 Å². The Hall–Kier alpha value is -3.54. The van der Waals surface area contributed by atoms with Gasteiger partial charge in [-0.2, -0.15) is 0 Å². The molecule has 0 atom stereocenters. The molecule has 0 aliphatic rings. The third-order valence-electron chi connectivity index (χ3n) is 4.20. The van der Waals surface area contributed by atoms with E-state index in [-0.39, 0.29) is 24.2 Å². The molecule has 2 aromatic carbocycles. The predicted molar refractivity (Wildman–Crippen MR) is 108 cm³/mol. The third kappa shape index (κ3) is 4.79. The molecule has 3 rings (SSSR count). The highest BCUT2D eigenvalue weighted by atomic mass is 16.5. The number of aryl methyl sites for hydroxylation is 3. The average molecular weight is 378 g/mol. The summed E-state index contributed by atoms with van der Waals surface area (Å²) in [6.45, 7) is 5.71. The maximum Gasteiger partial charge on any atom is 0.291 e. The van der Waals surface area contributed by atoms with E-state index in [1.165, 1.54) is 6.26 Å². The molecule has 3 aromatic rings. The van der Waals surface area contributed by atoms with Crippen molar-refractivity contribution in [1.29, 1.82) is 0 Å². The summed E-state index contributed by atoms with van der Waals surface area (Å²) in [4.78, 5) is 24.4. The second kappa shape index (κ2) is 8.43. The minimum atomic E-state index is -0.357. The van der Waals surface area contributed by atoms with E-state index in [2.05, 4.69) is 10.6 Å². The lowest BCUT2D eigenvalue weighted by Gasteiger charge is -2.13. The third-order valence-corrected chi connectivity index (χ3v) is 4.20. The fourth-order valence-electron chi connectivity index (χ4n) is 2.73. The summed E-state index contributed by atoms with van der Waals surface area (Å²) < 4.78 is 10.7.